The number of anilines is 1. The Kier molecular flexibility index (Phi) is 9.55. The summed E-state index contributed by atoms with van der Waals surface area (Å²) in [5.41, 5.74) is -0.322. The highest BCUT2D eigenvalue weighted by atomic mass is 79.9. The average Bonchev–Trinajstić information content (AvgIpc) is 3.37. The summed E-state index contributed by atoms with van der Waals surface area (Å²) in [4.78, 5) is 25.5. The van der Waals surface area contributed by atoms with Gasteiger partial charge in [0.1, 0.15) is 11.5 Å². The second kappa shape index (κ2) is 13.1. The normalized spacial score (nSPS) is 11.2. The molecular formula is C27H23BrF3N5O4S. The number of thioether (sulfide) groups is 1. The average molecular weight is 650 g/mol. The zero-order valence-corrected chi connectivity index (χ0v) is 24.1. The molecule has 3 aromatic carbocycles. The molecule has 41 heavy (non-hydrogen) atoms. The van der Waals surface area contributed by atoms with Crippen LogP contribution in [-0.2, 0) is 17.5 Å². The summed E-state index contributed by atoms with van der Waals surface area (Å²) in [6.45, 7) is -0.0207. The van der Waals surface area contributed by atoms with Crippen molar-refractivity contribution in [2.24, 2.45) is 0 Å². The van der Waals surface area contributed by atoms with Gasteiger partial charge in [0.2, 0.25) is 5.91 Å². The molecule has 214 valence electrons. The van der Waals surface area contributed by atoms with Crippen LogP contribution in [0.25, 0.3) is 5.69 Å². The number of hydrogen-bond donors (Lipinski definition) is 2. The molecule has 0 saturated heterocycles. The predicted octanol–water partition coefficient (Wildman–Crippen LogP) is 5.73. The van der Waals surface area contributed by atoms with Gasteiger partial charge < -0.3 is 20.1 Å². The maximum Gasteiger partial charge on any atom is 0.418 e. The van der Waals surface area contributed by atoms with E-state index in [1.54, 1.807) is 47.0 Å². The van der Waals surface area contributed by atoms with Gasteiger partial charge in [0.15, 0.2) is 11.0 Å². The van der Waals surface area contributed by atoms with E-state index in [2.05, 4.69) is 36.8 Å². The summed E-state index contributed by atoms with van der Waals surface area (Å²) < 4.78 is 52.9. The molecule has 2 N–H and O–H groups in total. The number of ether oxygens (including phenoxy) is 2. The summed E-state index contributed by atoms with van der Waals surface area (Å²) in [5, 5.41) is 13.8. The highest BCUT2D eigenvalue weighted by molar-refractivity contribution is 9.10. The monoisotopic (exact) mass is 649 g/mol. The maximum absolute atomic E-state index is 13.3. The number of nitrogens with zero attached hydrogens (tertiary/aromatic N) is 3. The summed E-state index contributed by atoms with van der Waals surface area (Å²) in [7, 11) is 2.96. The number of methoxy groups -OCH3 is 2. The van der Waals surface area contributed by atoms with E-state index in [4.69, 9.17) is 9.47 Å². The summed E-state index contributed by atoms with van der Waals surface area (Å²) in [5.74, 6) is -0.0505. The number of nitrogens with one attached hydrogen (secondary N) is 2. The molecule has 14 heteroatoms. The molecule has 0 radical (unpaired) electrons. The van der Waals surface area contributed by atoms with E-state index in [-0.39, 0.29) is 18.0 Å². The fourth-order valence-electron chi connectivity index (χ4n) is 3.71. The molecule has 0 spiro atoms. The van der Waals surface area contributed by atoms with E-state index >= 15 is 0 Å². The van der Waals surface area contributed by atoms with Crippen LogP contribution in [0.4, 0.5) is 18.9 Å². The molecular weight excluding hydrogens is 627 g/mol. The van der Waals surface area contributed by atoms with Crippen molar-refractivity contribution in [3.8, 4) is 17.2 Å². The van der Waals surface area contributed by atoms with Crippen molar-refractivity contribution in [2.45, 2.75) is 17.9 Å². The Bertz CT molecular complexity index is 1520. The minimum atomic E-state index is -4.62. The summed E-state index contributed by atoms with van der Waals surface area (Å²) in [6, 6.07) is 16.7. The summed E-state index contributed by atoms with van der Waals surface area (Å²) in [6.07, 6.45) is -4.62. The smallest absolute Gasteiger partial charge is 0.418 e. The van der Waals surface area contributed by atoms with Crippen LogP contribution in [0.15, 0.2) is 76.4 Å². The Hall–Kier alpha value is -4.04. The first-order valence-corrected chi connectivity index (χ1v) is 13.7. The van der Waals surface area contributed by atoms with Crippen LogP contribution >= 0.6 is 27.7 Å². The minimum Gasteiger partial charge on any atom is -0.497 e. The van der Waals surface area contributed by atoms with Gasteiger partial charge >= 0.3 is 6.18 Å². The Morgan fingerprint density at radius 2 is 1.63 bits per heavy atom. The van der Waals surface area contributed by atoms with Crippen molar-refractivity contribution >= 4 is 45.2 Å². The third-order valence-electron chi connectivity index (χ3n) is 5.64. The van der Waals surface area contributed by atoms with Crippen LogP contribution in [-0.4, -0.2) is 46.6 Å². The second-order valence-electron chi connectivity index (χ2n) is 8.37. The van der Waals surface area contributed by atoms with Gasteiger partial charge in [-0.1, -0.05) is 39.8 Å². The molecule has 0 saturated carbocycles. The minimum absolute atomic E-state index is 0.0207. The number of carbonyl (C=O) groups excluding carboxylic acids is 2. The number of aromatic nitrogens is 3. The van der Waals surface area contributed by atoms with E-state index < -0.39 is 23.6 Å². The first kappa shape index (κ1) is 29.9. The van der Waals surface area contributed by atoms with Crippen molar-refractivity contribution < 1.29 is 32.2 Å². The molecule has 4 rings (SSSR count). The van der Waals surface area contributed by atoms with Crippen LogP contribution in [0.1, 0.15) is 21.7 Å². The van der Waals surface area contributed by atoms with E-state index in [9.17, 15) is 22.8 Å². The quantitative estimate of drug-likeness (QED) is 0.211. The fourth-order valence-corrected chi connectivity index (χ4v) is 4.75. The highest BCUT2D eigenvalue weighted by Crippen LogP contribution is 2.34. The first-order chi connectivity index (χ1) is 19.6. The third kappa shape index (κ3) is 7.58. The van der Waals surface area contributed by atoms with Gasteiger partial charge in [-0.2, -0.15) is 13.2 Å². The summed E-state index contributed by atoms with van der Waals surface area (Å²) >= 11 is 4.38. The second-order valence-corrected chi connectivity index (χ2v) is 10.2. The number of amides is 2. The van der Waals surface area contributed by atoms with Gasteiger partial charge in [-0.15, -0.1) is 10.2 Å². The molecule has 0 atom stereocenters. The molecule has 1 heterocycles. The number of rotatable bonds is 10. The Morgan fingerprint density at radius 3 is 2.27 bits per heavy atom. The standard InChI is InChI=1S/C27H23BrF3N5O4S/c1-39-19-11-16(12-20(13-19)40-2)25(38)32-14-23-34-35-26(36(23)18-9-7-17(28)8-10-18)41-15-24(37)33-22-6-4-3-5-21(22)27(29,30)31/h3-13H,14-15H2,1-2H3,(H,32,38)(H,33,37). The molecule has 0 bridgehead atoms. The molecule has 1 aromatic heterocycles. The molecule has 4 aromatic rings. The number of halogens is 4. The number of para-hydroxylation sites is 1. The van der Waals surface area contributed by atoms with Crippen molar-refractivity contribution in [3.63, 3.8) is 0 Å². The van der Waals surface area contributed by atoms with Crippen LogP contribution in [0, 0.1) is 0 Å². The Labute approximate surface area is 245 Å². The lowest BCUT2D eigenvalue weighted by Crippen LogP contribution is -2.24. The number of alkyl halides is 3. The molecule has 0 aliphatic heterocycles. The van der Waals surface area contributed by atoms with Gasteiger partial charge in [0, 0.05) is 21.8 Å². The fraction of sp³-hybridized carbons (Fsp3) is 0.185. The van der Waals surface area contributed by atoms with Crippen molar-refractivity contribution in [1.29, 1.82) is 0 Å². The van der Waals surface area contributed by atoms with E-state index in [1.165, 1.54) is 32.4 Å². The van der Waals surface area contributed by atoms with E-state index in [0.717, 1.165) is 22.3 Å². The molecule has 2 amide bonds. The van der Waals surface area contributed by atoms with Crippen molar-refractivity contribution in [1.82, 2.24) is 20.1 Å². The van der Waals surface area contributed by atoms with Gasteiger partial charge in [-0.25, -0.2) is 0 Å². The lowest BCUT2D eigenvalue weighted by molar-refractivity contribution is -0.137. The Balaban J connectivity index is 1.52. The first-order valence-electron chi connectivity index (χ1n) is 11.9. The molecule has 0 unspecified atom stereocenters. The lowest BCUT2D eigenvalue weighted by Gasteiger charge is -2.14. The molecule has 0 aliphatic rings. The topological polar surface area (TPSA) is 107 Å². The van der Waals surface area contributed by atoms with E-state index in [0.29, 0.717) is 33.7 Å². The van der Waals surface area contributed by atoms with Gasteiger partial charge in [-0.3, -0.25) is 14.2 Å². The zero-order chi connectivity index (χ0) is 29.6. The van der Waals surface area contributed by atoms with Crippen molar-refractivity contribution in [3.05, 3.63) is 88.2 Å². The lowest BCUT2D eigenvalue weighted by atomic mass is 10.1. The zero-order valence-electron chi connectivity index (χ0n) is 21.7. The molecule has 0 aliphatic carbocycles. The SMILES string of the molecule is COc1cc(OC)cc(C(=O)NCc2nnc(SCC(=O)Nc3ccccc3C(F)(F)F)n2-c2ccc(Br)cc2)c1. The predicted molar refractivity (Wildman–Crippen MR) is 151 cm³/mol. The highest BCUT2D eigenvalue weighted by Gasteiger charge is 2.33. The molecule has 0 fully saturated rings. The number of hydrogen-bond acceptors (Lipinski definition) is 7. The van der Waals surface area contributed by atoms with Crippen LogP contribution < -0.4 is 20.1 Å². The number of carbonyl (C=O) groups is 2. The van der Waals surface area contributed by atoms with Gasteiger partial charge in [-0.05, 0) is 48.5 Å². The number of benzene rings is 3. The molecule has 9 nitrogen and oxygen atoms in total. The maximum atomic E-state index is 13.3. The largest absolute Gasteiger partial charge is 0.497 e. The van der Waals surface area contributed by atoms with Crippen LogP contribution in [0.3, 0.4) is 0 Å². The third-order valence-corrected chi connectivity index (χ3v) is 7.10. The van der Waals surface area contributed by atoms with E-state index in [1.807, 2.05) is 0 Å². The Morgan fingerprint density at radius 1 is 0.976 bits per heavy atom. The van der Waals surface area contributed by atoms with Gasteiger partial charge in [0.05, 0.1) is 37.8 Å². The van der Waals surface area contributed by atoms with Gasteiger partial charge in [0.25, 0.3) is 5.91 Å². The van der Waals surface area contributed by atoms with Crippen LogP contribution in [0.2, 0.25) is 0 Å². The van der Waals surface area contributed by atoms with Crippen LogP contribution in [0.5, 0.6) is 11.5 Å². The van der Waals surface area contributed by atoms with Crippen molar-refractivity contribution in [2.75, 3.05) is 25.3 Å².